The Labute approximate surface area is 139 Å². The monoisotopic (exact) mass is 361 g/mol. The van der Waals surface area contributed by atoms with Gasteiger partial charge in [0.1, 0.15) is 5.75 Å². The van der Waals surface area contributed by atoms with Gasteiger partial charge in [0.25, 0.3) is 5.91 Å². The number of aryl methyl sites for hydroxylation is 3. The van der Waals surface area contributed by atoms with Crippen molar-refractivity contribution >= 4 is 27.5 Å². The second-order valence-corrected chi connectivity index (χ2v) is 6.37. The minimum absolute atomic E-state index is 0.163. The first-order valence-corrected chi connectivity index (χ1v) is 7.97. The SMILES string of the molecule is Cc1ccc(OC(C)C(=O)Nc2ccc(Br)cc2C)cc1C. The van der Waals surface area contributed by atoms with Crippen LogP contribution in [0.5, 0.6) is 5.75 Å². The van der Waals surface area contributed by atoms with E-state index < -0.39 is 6.10 Å². The topological polar surface area (TPSA) is 38.3 Å². The standard InChI is InChI=1S/C18H20BrNO2/c1-11-5-7-16(10-12(11)2)22-14(4)18(21)20-17-8-6-15(19)9-13(17)3/h5-10,14H,1-4H3,(H,20,21). The van der Waals surface area contributed by atoms with Crippen molar-refractivity contribution in [1.82, 2.24) is 0 Å². The number of halogens is 1. The van der Waals surface area contributed by atoms with Gasteiger partial charge in [-0.15, -0.1) is 0 Å². The first kappa shape index (κ1) is 16.6. The molecule has 1 amide bonds. The molecule has 0 aliphatic heterocycles. The van der Waals surface area contributed by atoms with Gasteiger partial charge in [-0.2, -0.15) is 0 Å². The number of hydrogen-bond acceptors (Lipinski definition) is 2. The van der Waals surface area contributed by atoms with Gasteiger partial charge in [-0.3, -0.25) is 4.79 Å². The van der Waals surface area contributed by atoms with E-state index >= 15 is 0 Å². The average molecular weight is 362 g/mol. The number of benzene rings is 2. The average Bonchev–Trinajstić information content (AvgIpc) is 2.45. The van der Waals surface area contributed by atoms with E-state index in [0.29, 0.717) is 5.75 Å². The first-order chi connectivity index (χ1) is 10.4. The van der Waals surface area contributed by atoms with Crippen LogP contribution in [0.25, 0.3) is 0 Å². The molecule has 116 valence electrons. The van der Waals surface area contributed by atoms with Crippen molar-refractivity contribution in [2.75, 3.05) is 5.32 Å². The number of anilines is 1. The van der Waals surface area contributed by atoms with Gasteiger partial charge < -0.3 is 10.1 Å². The Balaban J connectivity index is 2.04. The van der Waals surface area contributed by atoms with E-state index in [1.54, 1.807) is 6.92 Å². The van der Waals surface area contributed by atoms with Gasteiger partial charge in [0.05, 0.1) is 0 Å². The molecular weight excluding hydrogens is 342 g/mol. The highest BCUT2D eigenvalue weighted by Crippen LogP contribution is 2.21. The minimum atomic E-state index is -0.565. The van der Waals surface area contributed by atoms with E-state index in [1.165, 1.54) is 5.56 Å². The van der Waals surface area contributed by atoms with Crippen molar-refractivity contribution in [2.45, 2.75) is 33.8 Å². The molecule has 22 heavy (non-hydrogen) atoms. The van der Waals surface area contributed by atoms with Gasteiger partial charge in [0, 0.05) is 10.2 Å². The van der Waals surface area contributed by atoms with Gasteiger partial charge in [-0.25, -0.2) is 0 Å². The van der Waals surface area contributed by atoms with Crippen molar-refractivity contribution in [1.29, 1.82) is 0 Å². The smallest absolute Gasteiger partial charge is 0.265 e. The molecule has 0 heterocycles. The molecule has 1 unspecified atom stereocenters. The summed E-state index contributed by atoms with van der Waals surface area (Å²) in [6.45, 7) is 7.78. The van der Waals surface area contributed by atoms with Gasteiger partial charge in [-0.05, 0) is 74.7 Å². The molecule has 1 N–H and O–H groups in total. The highest BCUT2D eigenvalue weighted by atomic mass is 79.9. The van der Waals surface area contributed by atoms with Gasteiger partial charge in [0.2, 0.25) is 0 Å². The summed E-state index contributed by atoms with van der Waals surface area (Å²) in [5.74, 6) is 0.543. The number of hydrogen-bond donors (Lipinski definition) is 1. The van der Waals surface area contributed by atoms with Crippen molar-refractivity contribution in [3.63, 3.8) is 0 Å². The van der Waals surface area contributed by atoms with Gasteiger partial charge in [-0.1, -0.05) is 22.0 Å². The fourth-order valence-electron chi connectivity index (χ4n) is 2.05. The second-order valence-electron chi connectivity index (χ2n) is 5.45. The Morgan fingerprint density at radius 1 is 1.05 bits per heavy atom. The quantitative estimate of drug-likeness (QED) is 0.850. The summed E-state index contributed by atoms with van der Waals surface area (Å²) in [6.07, 6.45) is -0.565. The molecule has 2 aromatic carbocycles. The molecule has 4 heteroatoms. The molecule has 0 saturated heterocycles. The third kappa shape index (κ3) is 4.10. The summed E-state index contributed by atoms with van der Waals surface area (Å²) in [5.41, 5.74) is 4.15. The van der Waals surface area contributed by atoms with Crippen LogP contribution in [-0.4, -0.2) is 12.0 Å². The number of ether oxygens (including phenoxy) is 1. The Hall–Kier alpha value is -1.81. The van der Waals surface area contributed by atoms with Crippen LogP contribution in [0, 0.1) is 20.8 Å². The lowest BCUT2D eigenvalue weighted by molar-refractivity contribution is -0.122. The van der Waals surface area contributed by atoms with Crippen molar-refractivity contribution < 1.29 is 9.53 Å². The lowest BCUT2D eigenvalue weighted by atomic mass is 10.1. The Morgan fingerprint density at radius 2 is 1.77 bits per heavy atom. The van der Waals surface area contributed by atoms with Crippen LogP contribution in [0.15, 0.2) is 40.9 Å². The molecule has 0 aliphatic rings. The van der Waals surface area contributed by atoms with E-state index in [-0.39, 0.29) is 5.91 Å². The van der Waals surface area contributed by atoms with Crippen LogP contribution in [0.1, 0.15) is 23.6 Å². The maximum Gasteiger partial charge on any atom is 0.265 e. The fourth-order valence-corrected chi connectivity index (χ4v) is 2.52. The molecule has 0 bridgehead atoms. The summed E-state index contributed by atoms with van der Waals surface area (Å²) in [4.78, 5) is 12.3. The van der Waals surface area contributed by atoms with Crippen molar-refractivity contribution in [3.05, 3.63) is 57.6 Å². The number of carbonyl (C=O) groups is 1. The predicted octanol–water partition coefficient (Wildman–Crippen LogP) is 4.78. The van der Waals surface area contributed by atoms with Crippen LogP contribution in [0.3, 0.4) is 0 Å². The van der Waals surface area contributed by atoms with E-state index in [4.69, 9.17) is 4.74 Å². The van der Waals surface area contributed by atoms with Crippen LogP contribution >= 0.6 is 15.9 Å². The molecule has 2 aromatic rings. The second kappa shape index (κ2) is 6.97. The van der Waals surface area contributed by atoms with Crippen LogP contribution in [0.2, 0.25) is 0 Å². The fraction of sp³-hybridized carbons (Fsp3) is 0.278. The highest BCUT2D eigenvalue weighted by Gasteiger charge is 2.16. The Kier molecular flexibility index (Phi) is 5.24. The number of amides is 1. The number of nitrogens with one attached hydrogen (secondary N) is 1. The summed E-state index contributed by atoms with van der Waals surface area (Å²) >= 11 is 3.41. The van der Waals surface area contributed by atoms with Crippen molar-refractivity contribution in [2.24, 2.45) is 0 Å². The maximum absolute atomic E-state index is 12.3. The van der Waals surface area contributed by atoms with Gasteiger partial charge in [0.15, 0.2) is 6.10 Å². The van der Waals surface area contributed by atoms with E-state index in [0.717, 1.165) is 21.3 Å². The minimum Gasteiger partial charge on any atom is -0.481 e. The molecule has 1 atom stereocenters. The maximum atomic E-state index is 12.3. The molecule has 0 aliphatic carbocycles. The third-order valence-electron chi connectivity index (χ3n) is 3.61. The molecule has 0 saturated carbocycles. The summed E-state index contributed by atoms with van der Waals surface area (Å²) in [5, 5.41) is 2.90. The zero-order valence-corrected chi connectivity index (χ0v) is 14.8. The van der Waals surface area contributed by atoms with E-state index in [2.05, 4.69) is 21.2 Å². The zero-order valence-electron chi connectivity index (χ0n) is 13.2. The zero-order chi connectivity index (χ0) is 16.3. The highest BCUT2D eigenvalue weighted by molar-refractivity contribution is 9.10. The van der Waals surface area contributed by atoms with Crippen LogP contribution < -0.4 is 10.1 Å². The van der Waals surface area contributed by atoms with Crippen LogP contribution in [0.4, 0.5) is 5.69 Å². The largest absolute Gasteiger partial charge is 0.481 e. The van der Waals surface area contributed by atoms with Crippen molar-refractivity contribution in [3.8, 4) is 5.75 Å². The number of rotatable bonds is 4. The Bertz CT molecular complexity index is 697. The molecular formula is C18H20BrNO2. The lowest BCUT2D eigenvalue weighted by Gasteiger charge is -2.16. The third-order valence-corrected chi connectivity index (χ3v) is 4.10. The predicted molar refractivity (Wildman–Crippen MR) is 93.5 cm³/mol. The van der Waals surface area contributed by atoms with E-state index in [1.807, 2.05) is 57.2 Å². The molecule has 0 radical (unpaired) electrons. The first-order valence-electron chi connectivity index (χ1n) is 7.18. The van der Waals surface area contributed by atoms with E-state index in [9.17, 15) is 4.79 Å². The van der Waals surface area contributed by atoms with Gasteiger partial charge >= 0.3 is 0 Å². The summed E-state index contributed by atoms with van der Waals surface area (Å²) in [6, 6.07) is 11.6. The molecule has 0 fully saturated rings. The summed E-state index contributed by atoms with van der Waals surface area (Å²) in [7, 11) is 0. The summed E-state index contributed by atoms with van der Waals surface area (Å²) < 4.78 is 6.71. The molecule has 0 aromatic heterocycles. The lowest BCUT2D eigenvalue weighted by Crippen LogP contribution is -2.30. The van der Waals surface area contributed by atoms with Crippen LogP contribution in [-0.2, 0) is 4.79 Å². The molecule has 0 spiro atoms. The molecule has 2 rings (SSSR count). The normalized spacial score (nSPS) is 11.9. The Morgan fingerprint density at radius 3 is 2.41 bits per heavy atom. The number of carbonyl (C=O) groups excluding carboxylic acids is 1. The molecule has 3 nitrogen and oxygen atoms in total.